The minimum atomic E-state index is -0.644. The largest absolute Gasteiger partial charge is 0.361 e. The molecule has 0 bridgehead atoms. The zero-order chi connectivity index (χ0) is 15.4. The Morgan fingerprint density at radius 3 is 2.48 bits per heavy atom. The fourth-order valence-corrected chi connectivity index (χ4v) is 2.18. The molecule has 21 heavy (non-hydrogen) atoms. The molecular weight excluding hydrogens is 276 g/mol. The molecule has 0 unspecified atom stereocenters. The van der Waals surface area contributed by atoms with E-state index < -0.39 is 11.6 Å². The van der Waals surface area contributed by atoms with Crippen LogP contribution in [0.1, 0.15) is 25.3 Å². The third-order valence-corrected chi connectivity index (χ3v) is 3.39. The summed E-state index contributed by atoms with van der Waals surface area (Å²) in [6.45, 7) is 2.66. The van der Waals surface area contributed by atoms with Crippen LogP contribution in [0.4, 0.5) is 14.5 Å². The van der Waals surface area contributed by atoms with Crippen LogP contribution < -0.4 is 15.5 Å². The van der Waals surface area contributed by atoms with Crippen LogP contribution in [-0.2, 0) is 11.3 Å². The lowest BCUT2D eigenvalue weighted by Crippen LogP contribution is -2.35. The molecule has 1 aromatic rings. The van der Waals surface area contributed by atoms with Gasteiger partial charge in [-0.15, -0.1) is 0 Å². The molecule has 6 heteroatoms. The Hall–Kier alpha value is -1.69. The first-order valence-electron chi connectivity index (χ1n) is 7.20. The van der Waals surface area contributed by atoms with Crippen molar-refractivity contribution in [3.63, 3.8) is 0 Å². The highest BCUT2D eigenvalue weighted by Crippen LogP contribution is 2.25. The maximum Gasteiger partial charge on any atom is 0.239 e. The van der Waals surface area contributed by atoms with Crippen molar-refractivity contribution in [2.24, 2.45) is 0 Å². The van der Waals surface area contributed by atoms with E-state index in [1.54, 1.807) is 6.92 Å². The van der Waals surface area contributed by atoms with Gasteiger partial charge in [-0.25, -0.2) is 8.78 Å². The van der Waals surface area contributed by atoms with E-state index in [1.807, 2.05) is 0 Å². The highest BCUT2D eigenvalue weighted by atomic mass is 19.1. The number of anilines is 1. The number of nitrogens with zero attached hydrogens (tertiary/aromatic N) is 1. The molecule has 1 aromatic carbocycles. The van der Waals surface area contributed by atoms with Crippen LogP contribution in [0.5, 0.6) is 0 Å². The summed E-state index contributed by atoms with van der Waals surface area (Å²) in [6, 6.07) is 3.13. The molecule has 0 spiro atoms. The number of amides is 1. The standard InChI is InChI=1S/C15H21F2N3O/c1-3-18-14(21)9-20(2)15-12(16)6-10(7-13(15)17)8-19-11-4-5-11/h6-7,11,19H,3-5,8-9H2,1-2H3,(H,18,21). The first-order valence-corrected chi connectivity index (χ1v) is 7.20. The number of hydrogen-bond acceptors (Lipinski definition) is 3. The molecule has 1 amide bonds. The lowest BCUT2D eigenvalue weighted by molar-refractivity contribution is -0.119. The minimum Gasteiger partial charge on any atom is -0.361 e. The molecule has 1 fully saturated rings. The van der Waals surface area contributed by atoms with Gasteiger partial charge in [-0.05, 0) is 37.5 Å². The van der Waals surface area contributed by atoms with E-state index in [2.05, 4.69) is 10.6 Å². The van der Waals surface area contributed by atoms with E-state index in [4.69, 9.17) is 0 Å². The Kier molecular flexibility index (Phi) is 5.12. The lowest BCUT2D eigenvalue weighted by Gasteiger charge is -2.20. The van der Waals surface area contributed by atoms with E-state index >= 15 is 0 Å². The maximum atomic E-state index is 14.1. The number of benzene rings is 1. The molecule has 0 heterocycles. The van der Waals surface area contributed by atoms with Crippen LogP contribution in [0.2, 0.25) is 0 Å². The molecule has 2 rings (SSSR count). The van der Waals surface area contributed by atoms with Crippen molar-refractivity contribution in [1.29, 1.82) is 0 Å². The fourth-order valence-electron chi connectivity index (χ4n) is 2.18. The molecule has 0 aliphatic heterocycles. The van der Waals surface area contributed by atoms with Crippen molar-refractivity contribution >= 4 is 11.6 Å². The molecule has 0 aromatic heterocycles. The lowest BCUT2D eigenvalue weighted by atomic mass is 10.1. The topological polar surface area (TPSA) is 44.4 Å². The van der Waals surface area contributed by atoms with Crippen molar-refractivity contribution in [3.8, 4) is 0 Å². The Morgan fingerprint density at radius 2 is 1.95 bits per heavy atom. The zero-order valence-corrected chi connectivity index (χ0v) is 12.4. The van der Waals surface area contributed by atoms with Gasteiger partial charge in [-0.2, -0.15) is 0 Å². The van der Waals surface area contributed by atoms with Crippen molar-refractivity contribution in [2.45, 2.75) is 32.4 Å². The Morgan fingerprint density at radius 1 is 1.33 bits per heavy atom. The molecule has 1 saturated carbocycles. The number of carbonyl (C=O) groups is 1. The van der Waals surface area contributed by atoms with Gasteiger partial charge < -0.3 is 15.5 Å². The van der Waals surface area contributed by atoms with Gasteiger partial charge in [0.1, 0.15) is 17.3 Å². The van der Waals surface area contributed by atoms with Crippen molar-refractivity contribution in [2.75, 3.05) is 25.0 Å². The molecule has 4 nitrogen and oxygen atoms in total. The summed E-state index contributed by atoms with van der Waals surface area (Å²) in [7, 11) is 1.50. The number of carbonyl (C=O) groups excluding carboxylic acids is 1. The minimum absolute atomic E-state index is 0.0820. The van der Waals surface area contributed by atoms with Gasteiger partial charge in [0.25, 0.3) is 0 Å². The summed E-state index contributed by atoms with van der Waals surface area (Å²) in [6.07, 6.45) is 2.25. The van der Waals surface area contributed by atoms with E-state index in [-0.39, 0.29) is 18.1 Å². The molecule has 116 valence electrons. The zero-order valence-electron chi connectivity index (χ0n) is 12.4. The number of likely N-dealkylation sites (N-methyl/N-ethyl adjacent to an activating group) is 2. The van der Waals surface area contributed by atoms with Gasteiger partial charge in [-0.3, -0.25) is 4.79 Å². The fraction of sp³-hybridized carbons (Fsp3) is 0.533. The average Bonchev–Trinajstić information content (AvgIpc) is 3.19. The number of hydrogen-bond donors (Lipinski definition) is 2. The summed E-state index contributed by atoms with van der Waals surface area (Å²) in [5.41, 5.74) is 0.406. The maximum absolute atomic E-state index is 14.1. The quantitative estimate of drug-likeness (QED) is 0.806. The summed E-state index contributed by atoms with van der Waals surface area (Å²) < 4.78 is 28.2. The van der Waals surface area contributed by atoms with Gasteiger partial charge in [-0.1, -0.05) is 0 Å². The Labute approximate surface area is 123 Å². The highest BCUT2D eigenvalue weighted by molar-refractivity contribution is 5.81. The summed E-state index contributed by atoms with van der Waals surface area (Å²) in [5.74, 6) is -1.55. The number of rotatable bonds is 7. The predicted molar refractivity (Wildman–Crippen MR) is 78.2 cm³/mol. The molecule has 1 aliphatic rings. The first kappa shape index (κ1) is 15.7. The van der Waals surface area contributed by atoms with Gasteiger partial charge in [0.05, 0.1) is 6.54 Å². The molecule has 1 aliphatic carbocycles. The van der Waals surface area contributed by atoms with Crippen molar-refractivity contribution < 1.29 is 13.6 Å². The molecule has 0 saturated heterocycles. The first-order chi connectivity index (χ1) is 10.0. The third kappa shape index (κ3) is 4.39. The van der Waals surface area contributed by atoms with Crippen LogP contribution in [0, 0.1) is 11.6 Å². The van der Waals surface area contributed by atoms with Crippen LogP contribution in [-0.4, -0.2) is 32.1 Å². The van der Waals surface area contributed by atoms with Crippen LogP contribution in [0.25, 0.3) is 0 Å². The van der Waals surface area contributed by atoms with Crippen LogP contribution >= 0.6 is 0 Å². The normalized spacial score (nSPS) is 14.1. The monoisotopic (exact) mass is 297 g/mol. The van der Waals surface area contributed by atoms with Gasteiger partial charge >= 0.3 is 0 Å². The van der Waals surface area contributed by atoms with Gasteiger partial charge in [0.15, 0.2) is 0 Å². The van der Waals surface area contributed by atoms with Gasteiger partial charge in [0, 0.05) is 26.2 Å². The van der Waals surface area contributed by atoms with E-state index in [9.17, 15) is 13.6 Å². The highest BCUT2D eigenvalue weighted by Gasteiger charge is 2.21. The van der Waals surface area contributed by atoms with Crippen LogP contribution in [0.3, 0.4) is 0 Å². The molecule has 0 atom stereocenters. The Balaban J connectivity index is 2.05. The number of halogens is 2. The summed E-state index contributed by atoms with van der Waals surface area (Å²) in [5, 5.41) is 5.81. The second-order valence-corrected chi connectivity index (χ2v) is 5.37. The van der Waals surface area contributed by atoms with Crippen molar-refractivity contribution in [3.05, 3.63) is 29.3 Å². The SMILES string of the molecule is CCNC(=O)CN(C)c1c(F)cc(CNC2CC2)cc1F. The smallest absolute Gasteiger partial charge is 0.239 e. The molecule has 0 radical (unpaired) electrons. The van der Waals surface area contributed by atoms with E-state index in [0.717, 1.165) is 12.8 Å². The second kappa shape index (κ2) is 6.85. The average molecular weight is 297 g/mol. The summed E-state index contributed by atoms with van der Waals surface area (Å²) >= 11 is 0. The predicted octanol–water partition coefficient (Wildman–Crippen LogP) is 1.79. The molecular formula is C15H21F2N3O. The van der Waals surface area contributed by atoms with Crippen LogP contribution in [0.15, 0.2) is 12.1 Å². The second-order valence-electron chi connectivity index (χ2n) is 5.37. The van der Waals surface area contributed by atoms with E-state index in [1.165, 1.54) is 24.1 Å². The van der Waals surface area contributed by atoms with E-state index in [0.29, 0.717) is 24.7 Å². The number of nitrogens with one attached hydrogen (secondary N) is 2. The summed E-state index contributed by atoms with van der Waals surface area (Å²) in [4.78, 5) is 12.8. The Bertz CT molecular complexity index is 495. The molecule has 2 N–H and O–H groups in total. The van der Waals surface area contributed by atoms with Crippen molar-refractivity contribution in [1.82, 2.24) is 10.6 Å². The third-order valence-electron chi connectivity index (χ3n) is 3.39. The van der Waals surface area contributed by atoms with Gasteiger partial charge in [0.2, 0.25) is 5.91 Å².